The van der Waals surface area contributed by atoms with Crippen LogP contribution in [-0.2, 0) is 20.4 Å². The van der Waals surface area contributed by atoms with Crippen molar-refractivity contribution in [1.82, 2.24) is 4.31 Å². The van der Waals surface area contributed by atoms with Gasteiger partial charge in [0.1, 0.15) is 4.21 Å². The topological polar surface area (TPSA) is 70.1 Å². The number of piperazine rings is 1. The van der Waals surface area contributed by atoms with Crippen molar-refractivity contribution in [3.63, 3.8) is 0 Å². The van der Waals surface area contributed by atoms with Crippen LogP contribution in [0.5, 0.6) is 0 Å². The Hall–Kier alpha value is -2.10. The van der Waals surface area contributed by atoms with Gasteiger partial charge in [-0.1, -0.05) is 24.0 Å². The van der Waals surface area contributed by atoms with Gasteiger partial charge >= 0.3 is 6.18 Å². The van der Waals surface area contributed by atoms with Gasteiger partial charge in [0.05, 0.1) is 24.3 Å². The second-order valence-electron chi connectivity index (χ2n) is 8.93. The molecule has 4 rings (SSSR count). The molecule has 11 heteroatoms. The quantitative estimate of drug-likeness (QED) is 0.634. The number of thiophene rings is 1. The molecule has 0 amide bonds. The Morgan fingerprint density at radius 2 is 1.82 bits per heavy atom. The maximum absolute atomic E-state index is 13.4. The number of alkyl halides is 3. The molecule has 0 aliphatic carbocycles. The fourth-order valence-electron chi connectivity index (χ4n) is 3.78. The van der Waals surface area contributed by atoms with Gasteiger partial charge in [-0.25, -0.2) is 8.42 Å². The zero-order valence-corrected chi connectivity index (χ0v) is 20.4. The van der Waals surface area contributed by atoms with Crippen LogP contribution in [0.1, 0.15) is 25.0 Å². The van der Waals surface area contributed by atoms with E-state index in [1.54, 1.807) is 17.5 Å². The van der Waals surface area contributed by atoms with Gasteiger partial charge in [-0.2, -0.15) is 17.5 Å². The van der Waals surface area contributed by atoms with E-state index in [1.807, 2.05) is 11.8 Å². The summed E-state index contributed by atoms with van der Waals surface area (Å²) >= 11 is 1.16. The molecule has 0 unspecified atom stereocenters. The minimum Gasteiger partial charge on any atom is -0.378 e. The van der Waals surface area contributed by atoms with Gasteiger partial charge in [0, 0.05) is 31.7 Å². The lowest BCUT2D eigenvalue weighted by Gasteiger charge is -2.36. The lowest BCUT2D eigenvalue weighted by molar-refractivity contribution is -0.258. The summed E-state index contributed by atoms with van der Waals surface area (Å²) in [5, 5.41) is 11.9. The van der Waals surface area contributed by atoms with E-state index in [0.29, 0.717) is 44.5 Å². The van der Waals surface area contributed by atoms with Crippen molar-refractivity contribution in [2.75, 3.05) is 44.3 Å². The predicted molar refractivity (Wildman–Crippen MR) is 123 cm³/mol. The molecule has 2 aliphatic rings. The number of halogens is 3. The van der Waals surface area contributed by atoms with E-state index < -0.39 is 21.8 Å². The number of benzene rings is 1. The largest absolute Gasteiger partial charge is 0.421 e. The number of anilines is 1. The Morgan fingerprint density at radius 3 is 2.35 bits per heavy atom. The molecular weight excluding hydrogens is 489 g/mol. The fraction of sp³-hybridized carbons (Fsp3) is 0.478. The highest BCUT2D eigenvalue weighted by molar-refractivity contribution is 7.91. The Kier molecular flexibility index (Phi) is 6.50. The molecule has 0 bridgehead atoms. The van der Waals surface area contributed by atoms with Crippen molar-refractivity contribution in [2.45, 2.75) is 29.8 Å². The number of aliphatic hydroxyl groups is 1. The van der Waals surface area contributed by atoms with Crippen LogP contribution in [0, 0.1) is 17.3 Å². The first kappa shape index (κ1) is 25.0. The first-order valence-corrected chi connectivity index (χ1v) is 13.0. The molecule has 6 nitrogen and oxygen atoms in total. The van der Waals surface area contributed by atoms with E-state index >= 15 is 0 Å². The van der Waals surface area contributed by atoms with Crippen LogP contribution in [0.2, 0.25) is 0 Å². The summed E-state index contributed by atoms with van der Waals surface area (Å²) in [5.74, 6) is 6.09. The second kappa shape index (κ2) is 8.84. The van der Waals surface area contributed by atoms with Crippen LogP contribution in [0.25, 0.3) is 0 Å². The van der Waals surface area contributed by atoms with Crippen molar-refractivity contribution < 1.29 is 31.4 Å². The summed E-state index contributed by atoms with van der Waals surface area (Å²) in [6.45, 7) is 4.69. The minimum absolute atomic E-state index is 0.237. The average molecular weight is 515 g/mol. The highest BCUT2D eigenvalue weighted by Gasteiger charge is 2.51. The smallest absolute Gasteiger partial charge is 0.378 e. The van der Waals surface area contributed by atoms with Gasteiger partial charge in [0.25, 0.3) is 10.0 Å². The Labute approximate surface area is 201 Å². The minimum atomic E-state index is -4.85. The van der Waals surface area contributed by atoms with Crippen LogP contribution in [-0.4, -0.2) is 63.4 Å². The maximum Gasteiger partial charge on any atom is 0.421 e. The molecule has 1 atom stereocenters. The molecular formula is C23H25F3N2O4S2. The van der Waals surface area contributed by atoms with Crippen LogP contribution in [0.15, 0.2) is 39.9 Å². The van der Waals surface area contributed by atoms with Crippen molar-refractivity contribution in [1.29, 1.82) is 0 Å². The molecule has 34 heavy (non-hydrogen) atoms. The molecule has 2 saturated heterocycles. The molecule has 0 saturated carbocycles. The van der Waals surface area contributed by atoms with Crippen LogP contribution < -0.4 is 4.90 Å². The third-order valence-electron chi connectivity index (χ3n) is 6.12. The van der Waals surface area contributed by atoms with Crippen LogP contribution in [0.3, 0.4) is 0 Å². The van der Waals surface area contributed by atoms with E-state index in [4.69, 9.17) is 4.74 Å². The van der Waals surface area contributed by atoms with E-state index in [1.165, 1.54) is 22.5 Å². The number of rotatable bonds is 4. The summed E-state index contributed by atoms with van der Waals surface area (Å²) in [5.41, 5.74) is -2.76. The molecule has 0 radical (unpaired) electrons. The van der Waals surface area contributed by atoms with E-state index in [-0.39, 0.29) is 28.3 Å². The van der Waals surface area contributed by atoms with Gasteiger partial charge in [-0.05, 0) is 43.0 Å². The zero-order valence-electron chi connectivity index (χ0n) is 18.7. The third-order valence-corrected chi connectivity index (χ3v) is 9.39. The van der Waals surface area contributed by atoms with E-state index in [9.17, 15) is 26.7 Å². The molecule has 1 N–H and O–H groups in total. The lowest BCUT2D eigenvalue weighted by Crippen LogP contribution is -2.48. The average Bonchev–Trinajstić information content (AvgIpc) is 3.31. The van der Waals surface area contributed by atoms with Crippen LogP contribution in [0.4, 0.5) is 18.9 Å². The van der Waals surface area contributed by atoms with Crippen molar-refractivity contribution in [3.05, 3.63) is 46.8 Å². The number of hydrogen-bond acceptors (Lipinski definition) is 6. The van der Waals surface area contributed by atoms with Gasteiger partial charge < -0.3 is 14.7 Å². The van der Waals surface area contributed by atoms with Gasteiger partial charge in [0.15, 0.2) is 5.60 Å². The SMILES string of the molecule is CC1(C#Cc2cc([C@@](C)(O)C(F)(F)F)ccc2N2CCN(S(=O)(=O)c3cccs3)CC2)COC1. The number of ether oxygens (including phenoxy) is 1. The molecule has 1 aromatic carbocycles. The van der Waals surface area contributed by atoms with Gasteiger partial charge in [-0.15, -0.1) is 11.3 Å². The number of nitrogens with zero attached hydrogens (tertiary/aromatic N) is 2. The fourth-order valence-corrected chi connectivity index (χ4v) is 6.35. The summed E-state index contributed by atoms with van der Waals surface area (Å²) in [4.78, 5) is 1.91. The van der Waals surface area contributed by atoms with E-state index in [0.717, 1.165) is 11.3 Å². The molecule has 2 fully saturated rings. The van der Waals surface area contributed by atoms with Crippen molar-refractivity contribution in [2.24, 2.45) is 5.41 Å². The number of hydrogen-bond donors (Lipinski definition) is 1. The third kappa shape index (κ3) is 4.70. The summed E-state index contributed by atoms with van der Waals surface area (Å²) in [6.07, 6.45) is -4.85. The van der Waals surface area contributed by atoms with Crippen molar-refractivity contribution in [3.8, 4) is 11.8 Å². The molecule has 184 valence electrons. The molecule has 0 spiro atoms. The monoisotopic (exact) mass is 514 g/mol. The molecule has 2 aliphatic heterocycles. The van der Waals surface area contributed by atoms with Crippen LogP contribution >= 0.6 is 11.3 Å². The molecule has 3 heterocycles. The molecule has 2 aromatic rings. The summed E-state index contributed by atoms with van der Waals surface area (Å²) in [6, 6.07) is 7.28. The second-order valence-corrected chi connectivity index (χ2v) is 12.0. The highest BCUT2D eigenvalue weighted by atomic mass is 32.2. The normalized spacial score (nSPS) is 20.7. The Morgan fingerprint density at radius 1 is 1.15 bits per heavy atom. The summed E-state index contributed by atoms with van der Waals surface area (Å²) < 4.78 is 72.8. The number of sulfonamides is 1. The van der Waals surface area contributed by atoms with Gasteiger partial charge in [0.2, 0.25) is 0 Å². The standard InChI is InChI=1S/C23H25F3N2O4S2/c1-21(15-32-16-21)8-7-17-14-18(22(2,29)23(24,25)26)5-6-19(17)27-9-11-28(12-10-27)34(30,31)20-4-3-13-33-20/h3-6,13-14,29H,9-12,15-16H2,1-2H3/t22-/m1/s1. The summed E-state index contributed by atoms with van der Waals surface area (Å²) in [7, 11) is -3.58. The molecule has 1 aromatic heterocycles. The lowest BCUT2D eigenvalue weighted by atomic mass is 9.88. The zero-order chi connectivity index (χ0) is 24.8. The first-order chi connectivity index (χ1) is 15.8. The first-order valence-electron chi connectivity index (χ1n) is 10.7. The Balaban J connectivity index is 1.62. The van der Waals surface area contributed by atoms with E-state index in [2.05, 4.69) is 11.8 Å². The highest BCUT2D eigenvalue weighted by Crippen LogP contribution is 2.40. The van der Waals surface area contributed by atoms with Crippen molar-refractivity contribution >= 4 is 27.0 Å². The van der Waals surface area contributed by atoms with Gasteiger partial charge in [-0.3, -0.25) is 0 Å². The Bertz CT molecular complexity index is 1200. The maximum atomic E-state index is 13.4. The predicted octanol–water partition coefficient (Wildman–Crippen LogP) is 3.42.